The Bertz CT molecular complexity index is 654. The third kappa shape index (κ3) is 6.18. The zero-order chi connectivity index (χ0) is 18.1. The summed E-state index contributed by atoms with van der Waals surface area (Å²) in [7, 11) is 0. The van der Waals surface area contributed by atoms with Gasteiger partial charge < -0.3 is 9.47 Å². The molecule has 134 valence electrons. The van der Waals surface area contributed by atoms with Gasteiger partial charge in [-0.15, -0.1) is 0 Å². The molecule has 0 bridgehead atoms. The van der Waals surface area contributed by atoms with E-state index >= 15 is 0 Å². The van der Waals surface area contributed by atoms with Crippen molar-refractivity contribution in [3.05, 3.63) is 42.2 Å². The van der Waals surface area contributed by atoms with E-state index in [0.717, 1.165) is 24.0 Å². The van der Waals surface area contributed by atoms with Gasteiger partial charge in [0.2, 0.25) is 0 Å². The van der Waals surface area contributed by atoms with Crippen molar-refractivity contribution in [2.45, 2.75) is 52.6 Å². The molecule has 1 unspecified atom stereocenters. The average molecular weight is 342 g/mol. The van der Waals surface area contributed by atoms with Crippen molar-refractivity contribution in [3.63, 3.8) is 0 Å². The van der Waals surface area contributed by atoms with E-state index in [1.54, 1.807) is 12.4 Å². The van der Waals surface area contributed by atoms with Crippen LogP contribution in [0.2, 0.25) is 0 Å². The summed E-state index contributed by atoms with van der Waals surface area (Å²) in [6.45, 7) is 6.61. The Morgan fingerprint density at radius 2 is 1.76 bits per heavy atom. The topological polar surface area (TPSA) is 61.3 Å². The van der Waals surface area contributed by atoms with E-state index in [-0.39, 0.29) is 12.1 Å². The van der Waals surface area contributed by atoms with Crippen LogP contribution in [-0.2, 0) is 16.0 Å². The first kappa shape index (κ1) is 18.9. The molecule has 0 spiro atoms. The zero-order valence-corrected chi connectivity index (χ0v) is 15.2. The number of benzene rings is 1. The molecule has 1 atom stereocenters. The van der Waals surface area contributed by atoms with E-state index in [1.807, 2.05) is 38.1 Å². The Kier molecular flexibility index (Phi) is 7.38. The molecule has 0 aliphatic heterocycles. The largest absolute Gasteiger partial charge is 0.490 e. The molecule has 5 nitrogen and oxygen atoms in total. The molecule has 1 aromatic carbocycles. The van der Waals surface area contributed by atoms with Crippen molar-refractivity contribution in [2.24, 2.45) is 0 Å². The number of esters is 1. The van der Waals surface area contributed by atoms with E-state index in [4.69, 9.17) is 9.47 Å². The highest BCUT2D eigenvalue weighted by atomic mass is 16.5. The molecule has 0 saturated carbocycles. The van der Waals surface area contributed by atoms with Crippen molar-refractivity contribution < 1.29 is 14.3 Å². The highest BCUT2D eigenvalue weighted by Crippen LogP contribution is 2.18. The van der Waals surface area contributed by atoms with Crippen molar-refractivity contribution in [2.75, 3.05) is 6.61 Å². The van der Waals surface area contributed by atoms with E-state index in [2.05, 4.69) is 16.9 Å². The summed E-state index contributed by atoms with van der Waals surface area (Å²) >= 11 is 0. The van der Waals surface area contributed by atoms with E-state index < -0.39 is 0 Å². The van der Waals surface area contributed by atoms with E-state index in [9.17, 15) is 4.79 Å². The van der Waals surface area contributed by atoms with Gasteiger partial charge in [-0.1, -0.05) is 38.1 Å². The molecule has 0 fully saturated rings. The number of carbonyl (C=O) groups is 1. The number of carbonyl (C=O) groups excluding carboxylic acids is 1. The van der Waals surface area contributed by atoms with Gasteiger partial charge in [0.15, 0.2) is 11.6 Å². The lowest BCUT2D eigenvalue weighted by Crippen LogP contribution is -2.16. The van der Waals surface area contributed by atoms with Crippen LogP contribution in [0.3, 0.4) is 0 Å². The maximum absolute atomic E-state index is 11.5. The molecule has 0 aliphatic rings. The Balaban J connectivity index is 1.94. The van der Waals surface area contributed by atoms with Gasteiger partial charge in [0, 0.05) is 18.4 Å². The Hall–Kier alpha value is -2.43. The van der Waals surface area contributed by atoms with Crippen LogP contribution >= 0.6 is 0 Å². The van der Waals surface area contributed by atoms with Gasteiger partial charge in [-0.25, -0.2) is 9.97 Å². The van der Waals surface area contributed by atoms with Gasteiger partial charge in [0.25, 0.3) is 0 Å². The molecule has 5 heteroatoms. The van der Waals surface area contributed by atoms with Crippen LogP contribution in [-0.4, -0.2) is 28.6 Å². The lowest BCUT2D eigenvalue weighted by Gasteiger charge is -2.13. The standard InChI is InChI=1S/C20H26N2O3/c1-4-6-19(23)25-15(3)12-16-7-9-17(10-8-16)20-21-13-18(14-22-20)24-11-5-2/h7-10,13-15H,4-6,11-12H2,1-3H3. The lowest BCUT2D eigenvalue weighted by molar-refractivity contribution is -0.148. The van der Waals surface area contributed by atoms with Crippen LogP contribution < -0.4 is 4.74 Å². The fourth-order valence-corrected chi connectivity index (χ4v) is 2.41. The lowest BCUT2D eigenvalue weighted by atomic mass is 10.1. The summed E-state index contributed by atoms with van der Waals surface area (Å²) in [6.07, 6.45) is 6.19. The second-order valence-electron chi connectivity index (χ2n) is 6.04. The summed E-state index contributed by atoms with van der Waals surface area (Å²) in [5.41, 5.74) is 2.06. The summed E-state index contributed by atoms with van der Waals surface area (Å²) in [5, 5.41) is 0. The molecule has 0 aliphatic carbocycles. The van der Waals surface area contributed by atoms with Crippen LogP contribution in [0, 0.1) is 0 Å². The first-order valence-corrected chi connectivity index (χ1v) is 8.86. The summed E-state index contributed by atoms with van der Waals surface area (Å²) < 4.78 is 10.9. The number of rotatable bonds is 9. The first-order chi connectivity index (χ1) is 12.1. The fourth-order valence-electron chi connectivity index (χ4n) is 2.41. The third-order valence-corrected chi connectivity index (χ3v) is 3.62. The highest BCUT2D eigenvalue weighted by Gasteiger charge is 2.10. The van der Waals surface area contributed by atoms with Gasteiger partial charge >= 0.3 is 5.97 Å². The van der Waals surface area contributed by atoms with Crippen molar-refractivity contribution >= 4 is 5.97 Å². The van der Waals surface area contributed by atoms with Gasteiger partial charge in [0.1, 0.15) is 6.10 Å². The number of aromatic nitrogens is 2. The second kappa shape index (κ2) is 9.77. The summed E-state index contributed by atoms with van der Waals surface area (Å²) in [4.78, 5) is 20.2. The predicted molar refractivity (Wildman–Crippen MR) is 97.4 cm³/mol. The summed E-state index contributed by atoms with van der Waals surface area (Å²) in [6, 6.07) is 8.00. The van der Waals surface area contributed by atoms with Crippen molar-refractivity contribution in [3.8, 4) is 17.1 Å². The minimum atomic E-state index is -0.134. The highest BCUT2D eigenvalue weighted by molar-refractivity contribution is 5.69. The van der Waals surface area contributed by atoms with Gasteiger partial charge in [0.05, 0.1) is 19.0 Å². The molecule has 0 amide bonds. The maximum atomic E-state index is 11.5. The quantitative estimate of drug-likeness (QED) is 0.639. The van der Waals surface area contributed by atoms with Crippen molar-refractivity contribution in [1.82, 2.24) is 9.97 Å². The monoisotopic (exact) mass is 342 g/mol. The molecule has 25 heavy (non-hydrogen) atoms. The number of hydrogen-bond donors (Lipinski definition) is 0. The first-order valence-electron chi connectivity index (χ1n) is 8.86. The molecule has 1 aromatic heterocycles. The van der Waals surface area contributed by atoms with Gasteiger partial charge in [-0.3, -0.25) is 4.79 Å². The van der Waals surface area contributed by atoms with E-state index in [0.29, 0.717) is 31.0 Å². The smallest absolute Gasteiger partial charge is 0.306 e. The summed E-state index contributed by atoms with van der Waals surface area (Å²) in [5.74, 6) is 1.22. The van der Waals surface area contributed by atoms with Crippen LogP contribution in [0.25, 0.3) is 11.4 Å². The number of nitrogens with zero attached hydrogens (tertiary/aromatic N) is 2. The molecule has 2 rings (SSSR count). The minimum Gasteiger partial charge on any atom is -0.490 e. The Morgan fingerprint density at radius 3 is 2.36 bits per heavy atom. The molecule has 2 aromatic rings. The van der Waals surface area contributed by atoms with Gasteiger partial charge in [-0.2, -0.15) is 0 Å². The molecule has 1 heterocycles. The minimum absolute atomic E-state index is 0.129. The van der Waals surface area contributed by atoms with Crippen LogP contribution in [0.1, 0.15) is 45.6 Å². The maximum Gasteiger partial charge on any atom is 0.306 e. The average Bonchev–Trinajstić information content (AvgIpc) is 2.61. The Morgan fingerprint density at radius 1 is 1.08 bits per heavy atom. The van der Waals surface area contributed by atoms with Crippen LogP contribution in [0.15, 0.2) is 36.7 Å². The molecule has 0 N–H and O–H groups in total. The van der Waals surface area contributed by atoms with Crippen LogP contribution in [0.4, 0.5) is 0 Å². The van der Waals surface area contributed by atoms with E-state index in [1.165, 1.54) is 0 Å². The molecular formula is C20H26N2O3. The number of ether oxygens (including phenoxy) is 2. The normalized spacial score (nSPS) is 11.8. The third-order valence-electron chi connectivity index (χ3n) is 3.62. The van der Waals surface area contributed by atoms with Gasteiger partial charge in [-0.05, 0) is 25.3 Å². The SMILES string of the molecule is CCCOc1cnc(-c2ccc(CC(C)OC(=O)CCC)cc2)nc1. The molecule has 0 radical (unpaired) electrons. The number of hydrogen-bond acceptors (Lipinski definition) is 5. The van der Waals surface area contributed by atoms with Crippen LogP contribution in [0.5, 0.6) is 5.75 Å². The predicted octanol–water partition coefficient (Wildman–Crippen LogP) is 4.21. The second-order valence-corrected chi connectivity index (χ2v) is 6.04. The molecule has 0 saturated heterocycles. The Labute approximate surface area is 149 Å². The molecular weight excluding hydrogens is 316 g/mol. The zero-order valence-electron chi connectivity index (χ0n) is 15.2. The van der Waals surface area contributed by atoms with Crippen molar-refractivity contribution in [1.29, 1.82) is 0 Å². The fraction of sp³-hybridized carbons (Fsp3) is 0.450.